The third kappa shape index (κ3) is 6.86. The third-order valence-corrected chi connectivity index (χ3v) is 6.14. The number of benzene rings is 3. The monoisotopic (exact) mass is 488 g/mol. The first-order chi connectivity index (χ1) is 17.6. The van der Waals surface area contributed by atoms with E-state index < -0.39 is 6.04 Å². The van der Waals surface area contributed by atoms with Gasteiger partial charge in [0.15, 0.2) is 6.61 Å². The molecule has 1 N–H and O–H groups in total. The van der Waals surface area contributed by atoms with Crippen molar-refractivity contribution >= 4 is 11.8 Å². The predicted molar refractivity (Wildman–Crippen MR) is 137 cm³/mol. The number of carbonyl (C=O) groups is 2. The van der Waals surface area contributed by atoms with Gasteiger partial charge in [0.1, 0.15) is 17.5 Å². The fourth-order valence-corrected chi connectivity index (χ4v) is 4.22. The maximum atomic E-state index is 13.6. The predicted octanol–water partition coefficient (Wildman–Crippen LogP) is 4.14. The quantitative estimate of drug-likeness (QED) is 0.439. The second-order valence-corrected chi connectivity index (χ2v) is 8.66. The van der Waals surface area contributed by atoms with Crippen LogP contribution >= 0.6 is 0 Å². The van der Waals surface area contributed by atoms with Crippen molar-refractivity contribution in [1.29, 1.82) is 0 Å². The van der Waals surface area contributed by atoms with Crippen LogP contribution in [0.1, 0.15) is 30.0 Å². The smallest absolute Gasteiger partial charge is 0.261 e. The Morgan fingerprint density at radius 1 is 0.972 bits per heavy atom. The normalized spacial score (nSPS) is 15.6. The second kappa shape index (κ2) is 12.7. The number of ether oxygens (including phenoxy) is 3. The lowest BCUT2D eigenvalue weighted by atomic mass is 10.0. The van der Waals surface area contributed by atoms with E-state index in [4.69, 9.17) is 14.2 Å². The van der Waals surface area contributed by atoms with Crippen molar-refractivity contribution in [1.82, 2.24) is 10.2 Å². The fraction of sp³-hybridized carbons (Fsp3) is 0.310. The van der Waals surface area contributed by atoms with Gasteiger partial charge in [-0.1, -0.05) is 60.7 Å². The van der Waals surface area contributed by atoms with Crippen molar-refractivity contribution in [2.24, 2.45) is 0 Å². The molecule has 0 saturated carbocycles. The molecule has 7 nitrogen and oxygen atoms in total. The molecule has 1 fully saturated rings. The van der Waals surface area contributed by atoms with Crippen molar-refractivity contribution in [2.75, 3.05) is 26.9 Å². The van der Waals surface area contributed by atoms with Gasteiger partial charge in [0.2, 0.25) is 5.91 Å². The first-order valence-electron chi connectivity index (χ1n) is 12.2. The van der Waals surface area contributed by atoms with Crippen LogP contribution in [-0.2, 0) is 20.9 Å². The van der Waals surface area contributed by atoms with E-state index in [-0.39, 0.29) is 31.1 Å². The van der Waals surface area contributed by atoms with E-state index in [1.807, 2.05) is 72.8 Å². The van der Waals surface area contributed by atoms with E-state index in [9.17, 15) is 9.59 Å². The van der Waals surface area contributed by atoms with Crippen LogP contribution in [0, 0.1) is 0 Å². The molecule has 3 aromatic carbocycles. The molecule has 188 valence electrons. The lowest BCUT2D eigenvalue weighted by Gasteiger charge is -2.32. The summed E-state index contributed by atoms with van der Waals surface area (Å²) >= 11 is 0. The van der Waals surface area contributed by atoms with Crippen LogP contribution in [0.2, 0.25) is 0 Å². The highest BCUT2D eigenvalue weighted by Crippen LogP contribution is 2.25. The number of hydrogen-bond acceptors (Lipinski definition) is 5. The molecule has 4 rings (SSSR count). The summed E-state index contributed by atoms with van der Waals surface area (Å²) < 4.78 is 16.7. The summed E-state index contributed by atoms with van der Waals surface area (Å²) in [5.74, 6) is 0.765. The van der Waals surface area contributed by atoms with Gasteiger partial charge < -0.3 is 24.4 Å². The minimum atomic E-state index is -0.832. The molecular formula is C29H32N2O5. The Morgan fingerprint density at radius 2 is 1.67 bits per heavy atom. The molecule has 7 heteroatoms. The zero-order valence-corrected chi connectivity index (χ0v) is 20.5. The molecule has 0 bridgehead atoms. The van der Waals surface area contributed by atoms with Crippen LogP contribution in [-0.4, -0.2) is 49.7 Å². The maximum Gasteiger partial charge on any atom is 0.261 e. The maximum absolute atomic E-state index is 13.6. The molecule has 2 amide bonds. The Balaban J connectivity index is 1.60. The lowest BCUT2D eigenvalue weighted by Crippen LogP contribution is -2.46. The van der Waals surface area contributed by atoms with E-state index in [0.717, 1.165) is 29.7 Å². The number of para-hydroxylation sites is 1. The molecule has 1 aliphatic heterocycles. The molecule has 1 saturated heterocycles. The Labute approximate surface area is 212 Å². The zero-order valence-electron chi connectivity index (χ0n) is 20.5. The largest absolute Gasteiger partial charge is 0.497 e. The van der Waals surface area contributed by atoms with Crippen LogP contribution in [0.4, 0.5) is 0 Å². The number of methoxy groups -OCH3 is 1. The molecule has 36 heavy (non-hydrogen) atoms. The standard InChI is InChI=1S/C29H32N2O5/c1-34-24-16-14-22(15-17-24)20-31(27(32)21-36-25-11-6-3-7-12-25)28(23-9-4-2-5-10-23)29(33)30-19-26-13-8-18-35-26/h2-7,9-12,14-17,26,28H,8,13,18-21H2,1H3,(H,30,33)/t26-,28-/m1/s1. The van der Waals surface area contributed by atoms with Crippen molar-refractivity contribution in [3.8, 4) is 11.5 Å². The molecule has 0 aromatic heterocycles. The third-order valence-electron chi connectivity index (χ3n) is 6.14. The summed E-state index contributed by atoms with van der Waals surface area (Å²) in [6.45, 7) is 1.16. The van der Waals surface area contributed by atoms with Gasteiger partial charge in [-0.25, -0.2) is 0 Å². The SMILES string of the molecule is COc1ccc(CN(C(=O)COc2ccccc2)[C@@H](C(=O)NC[C@H]2CCCO2)c2ccccc2)cc1. The Hall–Kier alpha value is -3.84. The molecule has 0 spiro atoms. The van der Waals surface area contributed by atoms with Gasteiger partial charge in [-0.15, -0.1) is 0 Å². The van der Waals surface area contributed by atoms with E-state index in [1.54, 1.807) is 24.1 Å². The van der Waals surface area contributed by atoms with Gasteiger partial charge in [-0.05, 0) is 48.2 Å². The van der Waals surface area contributed by atoms with Crippen LogP contribution in [0.5, 0.6) is 11.5 Å². The minimum absolute atomic E-state index is 0.00229. The summed E-state index contributed by atoms with van der Waals surface area (Å²) in [5, 5.41) is 3.02. The van der Waals surface area contributed by atoms with Crippen LogP contribution in [0.15, 0.2) is 84.9 Å². The zero-order chi connectivity index (χ0) is 25.2. The van der Waals surface area contributed by atoms with Crippen LogP contribution in [0.25, 0.3) is 0 Å². The molecule has 1 aliphatic rings. The first kappa shape index (κ1) is 25.3. The number of carbonyl (C=O) groups excluding carboxylic acids is 2. The van der Waals surface area contributed by atoms with E-state index in [0.29, 0.717) is 18.9 Å². The Bertz CT molecular complexity index is 1100. The number of rotatable bonds is 11. The van der Waals surface area contributed by atoms with Gasteiger partial charge in [0.05, 0.1) is 13.2 Å². The van der Waals surface area contributed by atoms with Crippen molar-refractivity contribution < 1.29 is 23.8 Å². The van der Waals surface area contributed by atoms with E-state index in [1.165, 1.54) is 0 Å². The fourth-order valence-electron chi connectivity index (χ4n) is 4.22. The minimum Gasteiger partial charge on any atom is -0.497 e. The average molecular weight is 489 g/mol. The summed E-state index contributed by atoms with van der Waals surface area (Å²) in [7, 11) is 1.61. The molecule has 2 atom stereocenters. The molecule has 0 radical (unpaired) electrons. The van der Waals surface area contributed by atoms with Crippen LogP contribution < -0.4 is 14.8 Å². The van der Waals surface area contributed by atoms with Crippen molar-refractivity contribution in [3.63, 3.8) is 0 Å². The highest BCUT2D eigenvalue weighted by Gasteiger charge is 2.32. The number of hydrogen-bond donors (Lipinski definition) is 1. The summed E-state index contributed by atoms with van der Waals surface area (Å²) in [4.78, 5) is 28.8. The van der Waals surface area contributed by atoms with Crippen LogP contribution in [0.3, 0.4) is 0 Å². The molecule has 3 aromatic rings. The topological polar surface area (TPSA) is 77.1 Å². The summed E-state index contributed by atoms with van der Waals surface area (Å²) in [5.41, 5.74) is 1.60. The van der Waals surface area contributed by atoms with Gasteiger partial charge in [0.25, 0.3) is 5.91 Å². The number of nitrogens with one attached hydrogen (secondary N) is 1. The van der Waals surface area contributed by atoms with Gasteiger partial charge in [-0.3, -0.25) is 9.59 Å². The second-order valence-electron chi connectivity index (χ2n) is 8.66. The molecule has 1 heterocycles. The number of amides is 2. The number of nitrogens with zero attached hydrogens (tertiary/aromatic N) is 1. The summed E-state index contributed by atoms with van der Waals surface area (Å²) in [6, 6.07) is 25.2. The van der Waals surface area contributed by atoms with Gasteiger partial charge >= 0.3 is 0 Å². The highest BCUT2D eigenvalue weighted by molar-refractivity contribution is 5.89. The molecule has 0 aliphatic carbocycles. The van der Waals surface area contributed by atoms with Gasteiger partial charge in [0, 0.05) is 19.7 Å². The van der Waals surface area contributed by atoms with E-state index >= 15 is 0 Å². The van der Waals surface area contributed by atoms with Crippen molar-refractivity contribution in [3.05, 3.63) is 96.1 Å². The summed E-state index contributed by atoms with van der Waals surface area (Å²) in [6.07, 6.45) is 1.90. The van der Waals surface area contributed by atoms with E-state index in [2.05, 4.69) is 5.32 Å². The molecule has 0 unspecified atom stereocenters. The Morgan fingerprint density at radius 3 is 2.31 bits per heavy atom. The first-order valence-corrected chi connectivity index (χ1v) is 12.2. The highest BCUT2D eigenvalue weighted by atomic mass is 16.5. The molecular weight excluding hydrogens is 456 g/mol. The van der Waals surface area contributed by atoms with Gasteiger partial charge in [-0.2, -0.15) is 0 Å². The van der Waals surface area contributed by atoms with Crippen molar-refractivity contribution in [2.45, 2.75) is 31.5 Å². The average Bonchev–Trinajstić information content (AvgIpc) is 3.45. The Kier molecular flexibility index (Phi) is 8.94. The lowest BCUT2D eigenvalue weighted by molar-refractivity contribution is -0.143.